The molecule has 0 amide bonds. The van der Waals surface area contributed by atoms with Crippen LogP contribution in [0.3, 0.4) is 0 Å². The van der Waals surface area contributed by atoms with E-state index in [1.54, 1.807) is 0 Å². The van der Waals surface area contributed by atoms with Gasteiger partial charge in [-0.1, -0.05) is 13.0 Å². The summed E-state index contributed by atoms with van der Waals surface area (Å²) in [5.74, 6) is 1.54. The van der Waals surface area contributed by atoms with E-state index in [2.05, 4.69) is 72.8 Å². The fourth-order valence-electron chi connectivity index (χ4n) is 3.79. The van der Waals surface area contributed by atoms with Gasteiger partial charge in [-0.3, -0.25) is 9.89 Å². The van der Waals surface area contributed by atoms with Crippen LogP contribution in [0, 0.1) is 5.92 Å². The van der Waals surface area contributed by atoms with Crippen molar-refractivity contribution < 1.29 is 0 Å². The molecule has 3 unspecified atom stereocenters. The lowest BCUT2D eigenvalue weighted by Crippen LogP contribution is -2.43. The zero-order valence-corrected chi connectivity index (χ0v) is 18.7. The van der Waals surface area contributed by atoms with Crippen LogP contribution in [0.25, 0.3) is 0 Å². The van der Waals surface area contributed by atoms with Crippen LogP contribution in [0.1, 0.15) is 51.0 Å². The van der Waals surface area contributed by atoms with Crippen LogP contribution in [-0.2, 0) is 0 Å². The van der Waals surface area contributed by atoms with Crippen LogP contribution in [0.15, 0.2) is 22.5 Å². The molecule has 1 aromatic rings. The van der Waals surface area contributed by atoms with Crippen LogP contribution in [0.5, 0.6) is 0 Å². The van der Waals surface area contributed by atoms with E-state index >= 15 is 0 Å². The number of rotatable bonds is 9. The van der Waals surface area contributed by atoms with E-state index in [1.807, 2.05) is 11.3 Å². The van der Waals surface area contributed by atoms with Gasteiger partial charge >= 0.3 is 0 Å². The number of piperidine rings is 1. The second-order valence-electron chi connectivity index (χ2n) is 7.73. The molecule has 0 radical (unpaired) electrons. The average Bonchev–Trinajstić information content (AvgIpc) is 3.19. The van der Waals surface area contributed by atoms with Crippen LogP contribution >= 0.6 is 11.3 Å². The molecule has 27 heavy (non-hydrogen) atoms. The fraction of sp³-hybridized carbons (Fsp3) is 0.762. The first kappa shape index (κ1) is 22.2. The number of nitrogens with one attached hydrogen (secondary N) is 2. The van der Waals surface area contributed by atoms with Crippen LogP contribution < -0.4 is 10.6 Å². The Hall–Kier alpha value is -1.11. The van der Waals surface area contributed by atoms with Crippen molar-refractivity contribution in [1.82, 2.24) is 20.4 Å². The van der Waals surface area contributed by atoms with Gasteiger partial charge in [0.15, 0.2) is 5.96 Å². The second kappa shape index (κ2) is 11.7. The summed E-state index contributed by atoms with van der Waals surface area (Å²) in [6.07, 6.45) is 3.71. The highest BCUT2D eigenvalue weighted by molar-refractivity contribution is 7.10. The van der Waals surface area contributed by atoms with Crippen LogP contribution in [0.2, 0.25) is 0 Å². The van der Waals surface area contributed by atoms with Gasteiger partial charge in [-0.2, -0.15) is 0 Å². The Balaban J connectivity index is 1.93. The maximum Gasteiger partial charge on any atom is 0.191 e. The standard InChI is InChI=1S/C21H39N5S/c1-6-17(3)25(4)14-12-23-21(22-7-2)24-16-18-10-8-13-26(5)20(18)19-11-9-15-27-19/h9,11,15,17-18,20H,6-8,10,12-14,16H2,1-5H3,(H2,22,23,24). The highest BCUT2D eigenvalue weighted by atomic mass is 32.1. The van der Waals surface area contributed by atoms with Gasteiger partial charge in [0.25, 0.3) is 0 Å². The maximum absolute atomic E-state index is 4.95. The number of aliphatic imine (C=N–C) groups is 1. The summed E-state index contributed by atoms with van der Waals surface area (Å²) in [5.41, 5.74) is 0. The maximum atomic E-state index is 4.95. The first-order valence-electron chi connectivity index (χ1n) is 10.5. The molecule has 0 aliphatic carbocycles. The van der Waals surface area contributed by atoms with Gasteiger partial charge in [-0.25, -0.2) is 0 Å². The van der Waals surface area contributed by atoms with Crippen molar-refractivity contribution in [2.75, 3.05) is 46.8 Å². The third-order valence-corrected chi connectivity index (χ3v) is 6.71. The minimum atomic E-state index is 0.502. The van der Waals surface area contributed by atoms with Crippen LogP contribution in [0.4, 0.5) is 0 Å². The van der Waals surface area contributed by atoms with Gasteiger partial charge in [0.2, 0.25) is 0 Å². The van der Waals surface area contributed by atoms with E-state index in [1.165, 1.54) is 30.7 Å². The number of likely N-dealkylation sites (N-methyl/N-ethyl adjacent to an activating group) is 1. The molecule has 0 aromatic carbocycles. The highest BCUT2D eigenvalue weighted by Crippen LogP contribution is 2.37. The Bertz CT molecular complexity index is 545. The predicted octanol–water partition coefficient (Wildman–Crippen LogP) is 3.42. The SMILES string of the molecule is CCNC(=NCC1CCCN(C)C1c1cccs1)NCCN(C)C(C)CC. The second-order valence-corrected chi connectivity index (χ2v) is 8.71. The molecule has 5 nitrogen and oxygen atoms in total. The molecule has 154 valence electrons. The third-order valence-electron chi connectivity index (χ3n) is 5.77. The van der Waals surface area contributed by atoms with Crippen molar-refractivity contribution in [3.8, 4) is 0 Å². The molecule has 1 saturated heterocycles. The monoisotopic (exact) mass is 393 g/mol. The van der Waals surface area contributed by atoms with Gasteiger partial charge in [0.1, 0.15) is 0 Å². The highest BCUT2D eigenvalue weighted by Gasteiger charge is 2.31. The van der Waals surface area contributed by atoms with Gasteiger partial charge in [0.05, 0.1) is 0 Å². The summed E-state index contributed by atoms with van der Waals surface area (Å²) in [6.45, 7) is 11.6. The average molecular weight is 394 g/mol. The van der Waals surface area contributed by atoms with E-state index in [4.69, 9.17) is 4.99 Å². The lowest BCUT2D eigenvalue weighted by Gasteiger charge is -2.38. The van der Waals surface area contributed by atoms with E-state index < -0.39 is 0 Å². The molecule has 0 bridgehead atoms. The Labute approximate surface area is 170 Å². The Morgan fingerprint density at radius 2 is 2.22 bits per heavy atom. The molecule has 2 N–H and O–H groups in total. The number of hydrogen-bond donors (Lipinski definition) is 2. The number of hydrogen-bond acceptors (Lipinski definition) is 4. The number of guanidine groups is 1. The van der Waals surface area contributed by atoms with Crippen molar-refractivity contribution in [3.05, 3.63) is 22.4 Å². The van der Waals surface area contributed by atoms with Crippen molar-refractivity contribution in [1.29, 1.82) is 0 Å². The first-order chi connectivity index (χ1) is 13.1. The minimum absolute atomic E-state index is 0.502. The van der Waals surface area contributed by atoms with E-state index in [-0.39, 0.29) is 0 Å². The minimum Gasteiger partial charge on any atom is -0.357 e. The Kier molecular flexibility index (Phi) is 9.59. The number of nitrogens with zero attached hydrogens (tertiary/aromatic N) is 3. The summed E-state index contributed by atoms with van der Waals surface area (Å²) in [6, 6.07) is 5.57. The van der Waals surface area contributed by atoms with Gasteiger partial charge in [0, 0.05) is 43.1 Å². The molecule has 1 aromatic heterocycles. The Morgan fingerprint density at radius 3 is 2.89 bits per heavy atom. The van der Waals surface area contributed by atoms with Crippen molar-refractivity contribution in [3.63, 3.8) is 0 Å². The molecule has 1 aliphatic rings. The summed E-state index contributed by atoms with van der Waals surface area (Å²) in [4.78, 5) is 11.3. The van der Waals surface area contributed by atoms with E-state index in [0.717, 1.165) is 32.1 Å². The topological polar surface area (TPSA) is 42.9 Å². The van der Waals surface area contributed by atoms with Crippen molar-refractivity contribution in [2.24, 2.45) is 10.9 Å². The molecule has 6 heteroatoms. The quantitative estimate of drug-likeness (QED) is 0.498. The molecule has 0 saturated carbocycles. The van der Waals surface area contributed by atoms with Gasteiger partial charge in [-0.05, 0) is 71.1 Å². The van der Waals surface area contributed by atoms with E-state index in [9.17, 15) is 0 Å². The van der Waals surface area contributed by atoms with Crippen molar-refractivity contribution in [2.45, 2.75) is 52.1 Å². The molecular formula is C21H39N5S. The normalized spacial score (nSPS) is 22.8. The zero-order valence-electron chi connectivity index (χ0n) is 17.9. The molecule has 1 fully saturated rings. The summed E-state index contributed by atoms with van der Waals surface area (Å²) < 4.78 is 0. The molecule has 2 heterocycles. The summed E-state index contributed by atoms with van der Waals surface area (Å²) in [7, 11) is 4.46. The molecule has 0 spiro atoms. The van der Waals surface area contributed by atoms with Gasteiger partial charge in [-0.15, -0.1) is 11.3 Å². The van der Waals surface area contributed by atoms with Gasteiger partial charge < -0.3 is 15.5 Å². The molecule has 3 atom stereocenters. The number of likely N-dealkylation sites (tertiary alicyclic amines) is 1. The largest absolute Gasteiger partial charge is 0.357 e. The lowest BCUT2D eigenvalue weighted by atomic mass is 9.88. The molecular weight excluding hydrogens is 354 g/mol. The lowest BCUT2D eigenvalue weighted by molar-refractivity contribution is 0.128. The number of thiophene rings is 1. The van der Waals surface area contributed by atoms with Crippen molar-refractivity contribution >= 4 is 17.3 Å². The summed E-state index contributed by atoms with van der Waals surface area (Å²) >= 11 is 1.88. The first-order valence-corrected chi connectivity index (χ1v) is 11.4. The van der Waals surface area contributed by atoms with Crippen LogP contribution in [-0.4, -0.2) is 68.6 Å². The molecule has 1 aliphatic heterocycles. The Morgan fingerprint density at radius 1 is 1.41 bits per heavy atom. The van der Waals surface area contributed by atoms with E-state index in [0.29, 0.717) is 18.0 Å². The summed E-state index contributed by atoms with van der Waals surface area (Å²) in [5, 5.41) is 9.12. The smallest absolute Gasteiger partial charge is 0.191 e. The predicted molar refractivity (Wildman–Crippen MR) is 119 cm³/mol. The molecule has 2 rings (SSSR count). The fourth-order valence-corrected chi connectivity index (χ4v) is 4.78. The zero-order chi connectivity index (χ0) is 19.6. The third kappa shape index (κ3) is 6.77.